The topological polar surface area (TPSA) is 68.9 Å². The third-order valence-electron chi connectivity index (χ3n) is 2.07. The van der Waals surface area contributed by atoms with Gasteiger partial charge in [-0.3, -0.25) is 10.1 Å². The molecule has 0 fully saturated rings. The zero-order valence-electron chi connectivity index (χ0n) is 8.07. The number of aryl methyl sites for hydroxylation is 1. The molecule has 0 aliphatic carbocycles. The number of fused-ring (bicyclic) bond motifs is 1. The van der Waals surface area contributed by atoms with Crippen LogP contribution in [0.1, 0.15) is 5.56 Å². The van der Waals surface area contributed by atoms with Gasteiger partial charge in [0, 0.05) is 12.1 Å². The molecule has 1 aromatic carbocycles. The van der Waals surface area contributed by atoms with Gasteiger partial charge in [-0.2, -0.15) is 0 Å². The molecule has 7 heteroatoms. The first kappa shape index (κ1) is 11.0. The summed E-state index contributed by atoms with van der Waals surface area (Å²) in [5.74, 6) is 0. The van der Waals surface area contributed by atoms with Crippen LogP contribution in [-0.2, 0) is 0 Å². The third-order valence-corrected chi connectivity index (χ3v) is 2.70. The first-order chi connectivity index (χ1) is 7.49. The number of nitro benzene ring substituents is 1. The molecule has 5 nitrogen and oxygen atoms in total. The van der Waals surface area contributed by atoms with Gasteiger partial charge in [-0.15, -0.1) is 0 Å². The maximum Gasteiger partial charge on any atom is 0.272 e. The van der Waals surface area contributed by atoms with Crippen LogP contribution < -0.4 is 0 Å². The standard InChI is InChI=1S/C9H5Cl2N3O2/c1-4-2-5(14(15)16)3-6-7(4)13-9(11)8(10)12-6/h2-3H,1H3. The lowest BCUT2D eigenvalue weighted by atomic mass is 10.2. The Morgan fingerprint density at radius 3 is 2.50 bits per heavy atom. The second kappa shape index (κ2) is 3.84. The monoisotopic (exact) mass is 257 g/mol. The van der Waals surface area contributed by atoms with Crippen molar-refractivity contribution in [3.05, 3.63) is 38.1 Å². The van der Waals surface area contributed by atoms with E-state index in [1.807, 2.05) is 0 Å². The average Bonchev–Trinajstić information content (AvgIpc) is 2.20. The molecule has 0 amide bonds. The van der Waals surface area contributed by atoms with Crippen LogP contribution in [0.25, 0.3) is 11.0 Å². The van der Waals surface area contributed by atoms with Gasteiger partial charge in [0.05, 0.1) is 16.0 Å². The molecule has 0 spiro atoms. The molecule has 0 bridgehead atoms. The molecule has 2 aromatic rings. The summed E-state index contributed by atoms with van der Waals surface area (Å²) in [6.07, 6.45) is 0. The fourth-order valence-corrected chi connectivity index (χ4v) is 1.63. The quantitative estimate of drug-likeness (QED) is 0.581. The van der Waals surface area contributed by atoms with Crippen molar-refractivity contribution in [2.45, 2.75) is 6.92 Å². The van der Waals surface area contributed by atoms with E-state index in [9.17, 15) is 10.1 Å². The van der Waals surface area contributed by atoms with Gasteiger partial charge in [0.15, 0.2) is 10.3 Å². The van der Waals surface area contributed by atoms with E-state index in [1.165, 1.54) is 12.1 Å². The second-order valence-electron chi connectivity index (χ2n) is 3.19. The van der Waals surface area contributed by atoms with Crippen molar-refractivity contribution >= 4 is 39.9 Å². The Labute approximate surface area is 100 Å². The Morgan fingerprint density at radius 1 is 1.25 bits per heavy atom. The largest absolute Gasteiger partial charge is 0.272 e. The van der Waals surface area contributed by atoms with Gasteiger partial charge in [-0.05, 0) is 12.5 Å². The van der Waals surface area contributed by atoms with Gasteiger partial charge in [-0.25, -0.2) is 9.97 Å². The van der Waals surface area contributed by atoms with E-state index in [4.69, 9.17) is 23.2 Å². The fraction of sp³-hybridized carbons (Fsp3) is 0.111. The Balaban J connectivity index is 2.82. The lowest BCUT2D eigenvalue weighted by Crippen LogP contribution is -1.94. The highest BCUT2D eigenvalue weighted by Gasteiger charge is 2.13. The van der Waals surface area contributed by atoms with Crippen molar-refractivity contribution in [3.8, 4) is 0 Å². The van der Waals surface area contributed by atoms with E-state index < -0.39 is 4.92 Å². The Kier molecular flexibility index (Phi) is 2.65. The van der Waals surface area contributed by atoms with Crippen molar-refractivity contribution in [2.75, 3.05) is 0 Å². The summed E-state index contributed by atoms with van der Waals surface area (Å²) in [5.41, 5.74) is 1.47. The molecular weight excluding hydrogens is 253 g/mol. The molecule has 0 radical (unpaired) electrons. The highest BCUT2D eigenvalue weighted by Crippen LogP contribution is 2.26. The van der Waals surface area contributed by atoms with E-state index in [2.05, 4.69) is 9.97 Å². The van der Waals surface area contributed by atoms with Gasteiger partial charge in [0.1, 0.15) is 0 Å². The summed E-state index contributed by atoms with van der Waals surface area (Å²) in [5, 5.41) is 10.8. The van der Waals surface area contributed by atoms with Crippen LogP contribution in [0.3, 0.4) is 0 Å². The van der Waals surface area contributed by atoms with E-state index >= 15 is 0 Å². The minimum Gasteiger partial charge on any atom is -0.258 e. The minimum atomic E-state index is -0.489. The molecule has 0 N–H and O–H groups in total. The zero-order valence-corrected chi connectivity index (χ0v) is 9.58. The third kappa shape index (κ3) is 1.79. The Morgan fingerprint density at radius 2 is 1.88 bits per heavy atom. The van der Waals surface area contributed by atoms with Gasteiger partial charge in [-0.1, -0.05) is 23.2 Å². The molecule has 0 saturated carbocycles. The van der Waals surface area contributed by atoms with E-state index in [0.717, 1.165) is 0 Å². The van der Waals surface area contributed by atoms with Gasteiger partial charge < -0.3 is 0 Å². The Bertz CT molecular complexity index is 601. The minimum absolute atomic E-state index is 0.0362. The van der Waals surface area contributed by atoms with Crippen molar-refractivity contribution in [1.82, 2.24) is 9.97 Å². The number of hydrogen-bond acceptors (Lipinski definition) is 4. The summed E-state index contributed by atoms with van der Waals surface area (Å²) in [6.45, 7) is 1.70. The smallest absolute Gasteiger partial charge is 0.258 e. The SMILES string of the molecule is Cc1cc([N+](=O)[O-])cc2nc(Cl)c(Cl)nc12. The van der Waals surface area contributed by atoms with Crippen molar-refractivity contribution < 1.29 is 4.92 Å². The maximum absolute atomic E-state index is 10.6. The summed E-state index contributed by atoms with van der Waals surface area (Å²) in [4.78, 5) is 18.1. The van der Waals surface area contributed by atoms with Crippen molar-refractivity contribution in [1.29, 1.82) is 0 Å². The second-order valence-corrected chi connectivity index (χ2v) is 3.91. The van der Waals surface area contributed by atoms with Gasteiger partial charge in [0.2, 0.25) is 0 Å². The zero-order chi connectivity index (χ0) is 11.9. The maximum atomic E-state index is 10.6. The number of nitro groups is 1. The molecule has 82 valence electrons. The lowest BCUT2D eigenvalue weighted by molar-refractivity contribution is -0.384. The van der Waals surface area contributed by atoms with Crippen LogP contribution in [0, 0.1) is 17.0 Å². The molecule has 2 rings (SSSR count). The number of halogens is 2. The van der Waals surface area contributed by atoms with Crippen LogP contribution in [0.4, 0.5) is 5.69 Å². The van der Waals surface area contributed by atoms with Crippen molar-refractivity contribution in [2.24, 2.45) is 0 Å². The number of nitrogens with zero attached hydrogens (tertiary/aromatic N) is 3. The van der Waals surface area contributed by atoms with Crippen LogP contribution in [0.15, 0.2) is 12.1 Å². The molecule has 16 heavy (non-hydrogen) atoms. The highest BCUT2D eigenvalue weighted by atomic mass is 35.5. The molecular formula is C9H5Cl2N3O2. The molecule has 0 aliphatic rings. The predicted molar refractivity (Wildman–Crippen MR) is 60.9 cm³/mol. The molecule has 0 unspecified atom stereocenters. The molecule has 1 heterocycles. The average molecular weight is 258 g/mol. The van der Waals surface area contributed by atoms with E-state index in [-0.39, 0.29) is 16.0 Å². The van der Waals surface area contributed by atoms with Gasteiger partial charge >= 0.3 is 0 Å². The van der Waals surface area contributed by atoms with Crippen LogP contribution in [0.5, 0.6) is 0 Å². The number of rotatable bonds is 1. The van der Waals surface area contributed by atoms with Crippen LogP contribution in [0.2, 0.25) is 10.3 Å². The van der Waals surface area contributed by atoms with E-state index in [1.54, 1.807) is 6.92 Å². The highest BCUT2D eigenvalue weighted by molar-refractivity contribution is 6.40. The first-order valence-electron chi connectivity index (χ1n) is 4.27. The summed E-state index contributed by atoms with van der Waals surface area (Å²) in [6, 6.07) is 2.73. The molecule has 0 saturated heterocycles. The fourth-order valence-electron chi connectivity index (χ4n) is 1.37. The number of hydrogen-bond donors (Lipinski definition) is 0. The van der Waals surface area contributed by atoms with Crippen molar-refractivity contribution in [3.63, 3.8) is 0 Å². The number of aromatic nitrogens is 2. The normalized spacial score (nSPS) is 10.7. The Hall–Kier alpha value is -1.46. The predicted octanol–water partition coefficient (Wildman–Crippen LogP) is 3.15. The summed E-state index contributed by atoms with van der Waals surface area (Å²) >= 11 is 11.4. The molecule has 0 atom stereocenters. The number of non-ortho nitro benzene ring substituents is 1. The first-order valence-corrected chi connectivity index (χ1v) is 5.02. The summed E-state index contributed by atoms with van der Waals surface area (Å²) < 4.78 is 0. The molecule has 1 aromatic heterocycles. The van der Waals surface area contributed by atoms with Crippen LogP contribution in [-0.4, -0.2) is 14.9 Å². The molecule has 0 aliphatic heterocycles. The lowest BCUT2D eigenvalue weighted by Gasteiger charge is -2.02. The van der Waals surface area contributed by atoms with E-state index in [0.29, 0.717) is 16.6 Å². The van der Waals surface area contributed by atoms with Gasteiger partial charge in [0.25, 0.3) is 5.69 Å². The van der Waals surface area contributed by atoms with Crippen LogP contribution >= 0.6 is 23.2 Å². The number of benzene rings is 1. The summed E-state index contributed by atoms with van der Waals surface area (Å²) in [7, 11) is 0.